The maximum absolute atomic E-state index is 12.3. The van der Waals surface area contributed by atoms with Crippen LogP contribution in [-0.4, -0.2) is 5.97 Å². The van der Waals surface area contributed by atoms with Gasteiger partial charge < -0.3 is 10.1 Å². The Morgan fingerprint density at radius 2 is 1.74 bits per heavy atom. The lowest BCUT2D eigenvalue weighted by molar-refractivity contribution is 0.0736. The number of nitriles is 2. The molecule has 0 aliphatic heterocycles. The number of allylic oxidation sites excluding steroid dienone is 1. The summed E-state index contributed by atoms with van der Waals surface area (Å²) in [6.45, 7) is 1.94. The van der Waals surface area contributed by atoms with Gasteiger partial charge in [0, 0.05) is 6.20 Å². The van der Waals surface area contributed by atoms with Crippen molar-refractivity contribution >= 4 is 11.7 Å². The first-order chi connectivity index (χ1) is 11.1. The monoisotopic (exact) mass is 303 g/mol. The lowest BCUT2D eigenvalue weighted by Crippen LogP contribution is -2.11. The lowest BCUT2D eigenvalue weighted by atomic mass is 10.1. The molecule has 0 aliphatic rings. The molecule has 5 nitrogen and oxygen atoms in total. The van der Waals surface area contributed by atoms with E-state index in [1.807, 2.05) is 19.1 Å². The van der Waals surface area contributed by atoms with E-state index in [1.165, 1.54) is 6.20 Å². The molecule has 23 heavy (non-hydrogen) atoms. The largest absolute Gasteiger partial charge is 0.423 e. The van der Waals surface area contributed by atoms with Crippen LogP contribution in [0, 0.1) is 29.6 Å². The van der Waals surface area contributed by atoms with E-state index in [-0.39, 0.29) is 5.57 Å². The van der Waals surface area contributed by atoms with Crippen molar-refractivity contribution in [2.75, 3.05) is 5.32 Å². The fourth-order valence-electron chi connectivity index (χ4n) is 1.79. The Hall–Kier alpha value is -3.57. The van der Waals surface area contributed by atoms with Gasteiger partial charge in [-0.15, -0.1) is 0 Å². The van der Waals surface area contributed by atoms with Gasteiger partial charge in [0.1, 0.15) is 23.5 Å². The molecule has 0 aromatic heterocycles. The first-order valence-corrected chi connectivity index (χ1v) is 6.79. The Balaban J connectivity index is 2.21. The highest BCUT2D eigenvalue weighted by Crippen LogP contribution is 2.19. The summed E-state index contributed by atoms with van der Waals surface area (Å²) in [5.74, 6) is -0.0819. The van der Waals surface area contributed by atoms with E-state index in [2.05, 4.69) is 5.32 Å². The molecule has 0 aliphatic carbocycles. The highest BCUT2D eigenvalue weighted by Gasteiger charge is 2.13. The molecule has 0 fully saturated rings. The molecular formula is C18H13N3O2. The van der Waals surface area contributed by atoms with Crippen molar-refractivity contribution in [1.29, 1.82) is 10.5 Å². The van der Waals surface area contributed by atoms with Crippen LogP contribution in [0.4, 0.5) is 5.69 Å². The molecule has 0 atom stereocenters. The molecule has 2 rings (SSSR count). The Morgan fingerprint density at radius 1 is 1.09 bits per heavy atom. The lowest BCUT2D eigenvalue weighted by Gasteiger charge is -2.09. The maximum atomic E-state index is 12.3. The molecule has 1 N–H and O–H groups in total. The second kappa shape index (κ2) is 7.44. The topological polar surface area (TPSA) is 85.9 Å². The summed E-state index contributed by atoms with van der Waals surface area (Å²) in [4.78, 5) is 12.3. The van der Waals surface area contributed by atoms with Crippen molar-refractivity contribution < 1.29 is 9.53 Å². The molecule has 0 bridgehead atoms. The van der Waals surface area contributed by atoms with Crippen molar-refractivity contribution in [2.24, 2.45) is 0 Å². The predicted molar refractivity (Wildman–Crippen MR) is 85.5 cm³/mol. The molecule has 0 radical (unpaired) electrons. The molecule has 0 spiro atoms. The summed E-state index contributed by atoms with van der Waals surface area (Å²) in [6.07, 6.45) is 1.25. The number of para-hydroxylation sites is 1. The number of anilines is 1. The summed E-state index contributed by atoms with van der Waals surface area (Å²) in [5.41, 5.74) is 1.73. The van der Waals surface area contributed by atoms with E-state index < -0.39 is 5.97 Å². The highest BCUT2D eigenvalue weighted by molar-refractivity contribution is 5.97. The van der Waals surface area contributed by atoms with Gasteiger partial charge >= 0.3 is 5.97 Å². The third kappa shape index (κ3) is 4.20. The van der Waals surface area contributed by atoms with Crippen molar-refractivity contribution in [1.82, 2.24) is 0 Å². The number of nitrogens with one attached hydrogen (secondary N) is 1. The van der Waals surface area contributed by atoms with E-state index in [0.29, 0.717) is 17.0 Å². The van der Waals surface area contributed by atoms with Gasteiger partial charge in [-0.05, 0) is 31.2 Å². The van der Waals surface area contributed by atoms with Gasteiger partial charge in [-0.1, -0.05) is 29.8 Å². The maximum Gasteiger partial charge on any atom is 0.345 e. The molecule has 0 heterocycles. The van der Waals surface area contributed by atoms with Crippen molar-refractivity contribution in [3.63, 3.8) is 0 Å². The van der Waals surface area contributed by atoms with Crippen LogP contribution in [0.1, 0.15) is 15.9 Å². The van der Waals surface area contributed by atoms with Gasteiger partial charge in [-0.3, -0.25) is 0 Å². The number of hydrogen-bond acceptors (Lipinski definition) is 5. The third-order valence-electron chi connectivity index (χ3n) is 2.99. The van der Waals surface area contributed by atoms with Crippen molar-refractivity contribution in [3.8, 4) is 17.9 Å². The Bertz CT molecular complexity index is 809. The molecule has 0 unspecified atom stereocenters. The van der Waals surface area contributed by atoms with E-state index in [1.54, 1.807) is 48.5 Å². The number of rotatable bonds is 4. The Morgan fingerprint density at radius 3 is 2.39 bits per heavy atom. The number of nitrogens with zero attached hydrogens (tertiary/aromatic N) is 2. The van der Waals surface area contributed by atoms with Crippen LogP contribution in [0.2, 0.25) is 0 Å². The zero-order chi connectivity index (χ0) is 16.7. The quantitative estimate of drug-likeness (QED) is 0.530. The molecule has 112 valence electrons. The molecule has 0 saturated heterocycles. The van der Waals surface area contributed by atoms with Gasteiger partial charge in [0.2, 0.25) is 0 Å². The second-order valence-electron chi connectivity index (χ2n) is 4.67. The van der Waals surface area contributed by atoms with E-state index in [4.69, 9.17) is 15.3 Å². The number of carbonyl (C=O) groups excluding carboxylic acids is 1. The summed E-state index contributed by atoms with van der Waals surface area (Å²) < 4.78 is 5.33. The Kier molecular flexibility index (Phi) is 5.12. The minimum Gasteiger partial charge on any atom is -0.423 e. The summed E-state index contributed by atoms with van der Waals surface area (Å²) in [6, 6.07) is 17.3. The molecule has 2 aromatic carbocycles. The van der Waals surface area contributed by atoms with Crippen LogP contribution in [0.5, 0.6) is 5.75 Å². The van der Waals surface area contributed by atoms with Crippen LogP contribution in [0.25, 0.3) is 0 Å². The number of ether oxygens (including phenoxy) is 1. The summed E-state index contributed by atoms with van der Waals surface area (Å²) in [7, 11) is 0. The standard InChI is InChI=1S/C18H13N3O2/c1-13-6-8-15(9-7-13)23-18(22)16-4-2-3-5-17(16)21-12-14(10-19)11-20/h2-9,12,21H,1H3. The van der Waals surface area contributed by atoms with E-state index >= 15 is 0 Å². The van der Waals surface area contributed by atoms with Gasteiger partial charge in [0.25, 0.3) is 0 Å². The van der Waals surface area contributed by atoms with Gasteiger partial charge in [0.05, 0.1) is 11.3 Å². The Labute approximate surface area is 134 Å². The van der Waals surface area contributed by atoms with Gasteiger partial charge in [0.15, 0.2) is 0 Å². The molecule has 2 aromatic rings. The number of hydrogen-bond donors (Lipinski definition) is 1. The van der Waals surface area contributed by atoms with Crippen LogP contribution in [0.3, 0.4) is 0 Å². The smallest absolute Gasteiger partial charge is 0.345 e. The van der Waals surface area contributed by atoms with Crippen LogP contribution in [0.15, 0.2) is 60.3 Å². The molecule has 5 heteroatoms. The fourth-order valence-corrected chi connectivity index (χ4v) is 1.79. The first kappa shape index (κ1) is 15.8. The van der Waals surface area contributed by atoms with Crippen LogP contribution >= 0.6 is 0 Å². The minimum absolute atomic E-state index is 0.0910. The molecular weight excluding hydrogens is 290 g/mol. The molecule has 0 saturated carbocycles. The van der Waals surface area contributed by atoms with Crippen molar-refractivity contribution in [3.05, 3.63) is 71.4 Å². The van der Waals surface area contributed by atoms with Crippen LogP contribution < -0.4 is 10.1 Å². The third-order valence-corrected chi connectivity index (χ3v) is 2.99. The normalized spacial score (nSPS) is 9.17. The average molecular weight is 303 g/mol. The van der Waals surface area contributed by atoms with E-state index in [9.17, 15) is 4.79 Å². The van der Waals surface area contributed by atoms with Gasteiger partial charge in [-0.25, -0.2) is 4.79 Å². The number of carbonyl (C=O) groups is 1. The van der Waals surface area contributed by atoms with Crippen molar-refractivity contribution in [2.45, 2.75) is 6.92 Å². The number of aryl methyl sites for hydroxylation is 1. The highest BCUT2D eigenvalue weighted by atomic mass is 16.5. The molecule has 0 amide bonds. The van der Waals surface area contributed by atoms with E-state index in [0.717, 1.165) is 5.56 Å². The fraction of sp³-hybridized carbons (Fsp3) is 0.0556. The minimum atomic E-state index is -0.527. The summed E-state index contributed by atoms with van der Waals surface area (Å²) in [5, 5.41) is 20.2. The van der Waals surface area contributed by atoms with Crippen LogP contribution in [-0.2, 0) is 0 Å². The number of esters is 1. The average Bonchev–Trinajstić information content (AvgIpc) is 2.58. The predicted octanol–water partition coefficient (Wildman–Crippen LogP) is 3.56. The second-order valence-corrected chi connectivity index (χ2v) is 4.67. The zero-order valence-corrected chi connectivity index (χ0v) is 12.4. The summed E-state index contributed by atoms with van der Waals surface area (Å²) >= 11 is 0. The first-order valence-electron chi connectivity index (χ1n) is 6.79. The van der Waals surface area contributed by atoms with Gasteiger partial charge in [-0.2, -0.15) is 10.5 Å². The number of benzene rings is 2. The zero-order valence-electron chi connectivity index (χ0n) is 12.4. The SMILES string of the molecule is Cc1ccc(OC(=O)c2ccccc2NC=C(C#N)C#N)cc1.